The summed E-state index contributed by atoms with van der Waals surface area (Å²) >= 11 is 0. The van der Waals surface area contributed by atoms with E-state index in [4.69, 9.17) is 9.84 Å². The van der Waals surface area contributed by atoms with Gasteiger partial charge in [0.1, 0.15) is 5.75 Å². The maximum absolute atomic E-state index is 10.4. The van der Waals surface area contributed by atoms with E-state index in [9.17, 15) is 4.79 Å². The Bertz CT molecular complexity index is 379. The van der Waals surface area contributed by atoms with Crippen LogP contribution in [0.25, 0.3) is 0 Å². The molecule has 18 heavy (non-hydrogen) atoms. The third-order valence-electron chi connectivity index (χ3n) is 2.87. The SMILES string of the molecule is COc1ccccc1CCNC(C)CCC(=O)O. The Labute approximate surface area is 108 Å². The molecule has 1 aromatic carbocycles. The van der Waals surface area contributed by atoms with Crippen LogP contribution in [0.2, 0.25) is 0 Å². The van der Waals surface area contributed by atoms with Crippen LogP contribution in [0.1, 0.15) is 25.3 Å². The van der Waals surface area contributed by atoms with Crippen LogP contribution in [-0.4, -0.2) is 30.8 Å². The summed E-state index contributed by atoms with van der Waals surface area (Å²) in [6.45, 7) is 2.83. The summed E-state index contributed by atoms with van der Waals surface area (Å²) in [6.07, 6.45) is 1.74. The van der Waals surface area contributed by atoms with Crippen molar-refractivity contribution < 1.29 is 14.6 Å². The van der Waals surface area contributed by atoms with Crippen molar-refractivity contribution in [1.29, 1.82) is 0 Å². The van der Waals surface area contributed by atoms with E-state index in [1.165, 1.54) is 0 Å². The smallest absolute Gasteiger partial charge is 0.303 e. The highest BCUT2D eigenvalue weighted by molar-refractivity contribution is 5.66. The van der Waals surface area contributed by atoms with Crippen LogP contribution in [0, 0.1) is 0 Å². The van der Waals surface area contributed by atoms with Gasteiger partial charge in [-0.15, -0.1) is 0 Å². The molecule has 0 aliphatic heterocycles. The lowest BCUT2D eigenvalue weighted by atomic mass is 10.1. The molecule has 4 heteroatoms. The van der Waals surface area contributed by atoms with E-state index in [0.29, 0.717) is 6.42 Å². The van der Waals surface area contributed by atoms with Crippen LogP contribution < -0.4 is 10.1 Å². The predicted octanol–water partition coefficient (Wildman–Crippen LogP) is 2.08. The van der Waals surface area contributed by atoms with Gasteiger partial charge in [0.15, 0.2) is 0 Å². The van der Waals surface area contributed by atoms with Crippen molar-refractivity contribution in [3.05, 3.63) is 29.8 Å². The molecule has 1 aromatic rings. The summed E-state index contributed by atoms with van der Waals surface area (Å²) in [5.74, 6) is 0.158. The van der Waals surface area contributed by atoms with Crippen LogP contribution in [0.4, 0.5) is 0 Å². The number of benzene rings is 1. The zero-order valence-electron chi connectivity index (χ0n) is 11.0. The summed E-state index contributed by atoms with van der Waals surface area (Å²) in [6, 6.07) is 8.15. The molecule has 100 valence electrons. The van der Waals surface area contributed by atoms with Crippen LogP contribution in [0.5, 0.6) is 5.75 Å². The molecule has 0 radical (unpaired) electrons. The van der Waals surface area contributed by atoms with Gasteiger partial charge in [-0.25, -0.2) is 0 Å². The first-order chi connectivity index (χ1) is 8.63. The zero-order chi connectivity index (χ0) is 13.4. The minimum absolute atomic E-state index is 0.211. The van der Waals surface area contributed by atoms with Crippen molar-refractivity contribution in [2.45, 2.75) is 32.2 Å². The minimum atomic E-state index is -0.742. The molecular weight excluding hydrogens is 230 g/mol. The Balaban J connectivity index is 2.30. The van der Waals surface area contributed by atoms with Crippen LogP contribution in [0.3, 0.4) is 0 Å². The van der Waals surface area contributed by atoms with Gasteiger partial charge in [-0.05, 0) is 37.9 Å². The number of para-hydroxylation sites is 1. The van der Waals surface area contributed by atoms with Crippen molar-refractivity contribution in [2.75, 3.05) is 13.7 Å². The lowest BCUT2D eigenvalue weighted by molar-refractivity contribution is -0.137. The van der Waals surface area contributed by atoms with Crippen LogP contribution >= 0.6 is 0 Å². The zero-order valence-corrected chi connectivity index (χ0v) is 11.0. The second kappa shape index (κ2) is 7.71. The summed E-state index contributed by atoms with van der Waals surface area (Å²) < 4.78 is 5.28. The Morgan fingerprint density at radius 1 is 1.44 bits per heavy atom. The van der Waals surface area contributed by atoms with Gasteiger partial charge in [-0.1, -0.05) is 18.2 Å². The molecule has 0 aliphatic rings. The van der Waals surface area contributed by atoms with Crippen molar-refractivity contribution in [2.24, 2.45) is 0 Å². The van der Waals surface area contributed by atoms with Gasteiger partial charge in [0.2, 0.25) is 0 Å². The summed E-state index contributed by atoms with van der Waals surface area (Å²) in [5, 5.41) is 11.9. The maximum atomic E-state index is 10.4. The Morgan fingerprint density at radius 2 is 2.17 bits per heavy atom. The average molecular weight is 251 g/mol. The van der Waals surface area contributed by atoms with E-state index in [-0.39, 0.29) is 12.5 Å². The molecule has 0 fully saturated rings. The van der Waals surface area contributed by atoms with Crippen LogP contribution in [0.15, 0.2) is 24.3 Å². The third-order valence-corrected chi connectivity index (χ3v) is 2.87. The number of methoxy groups -OCH3 is 1. The van der Waals surface area contributed by atoms with Gasteiger partial charge in [-0.2, -0.15) is 0 Å². The van der Waals surface area contributed by atoms with Crippen molar-refractivity contribution in [3.63, 3.8) is 0 Å². The number of aliphatic carboxylic acids is 1. The fraction of sp³-hybridized carbons (Fsp3) is 0.500. The lowest BCUT2D eigenvalue weighted by Crippen LogP contribution is -2.28. The summed E-state index contributed by atoms with van der Waals surface area (Å²) in [4.78, 5) is 10.4. The molecule has 1 atom stereocenters. The van der Waals surface area contributed by atoms with E-state index < -0.39 is 5.97 Å². The summed E-state index contributed by atoms with van der Waals surface area (Å²) in [7, 11) is 1.67. The molecule has 1 unspecified atom stereocenters. The standard InChI is InChI=1S/C14H21NO3/c1-11(7-8-14(16)17)15-10-9-12-5-3-4-6-13(12)18-2/h3-6,11,15H,7-10H2,1-2H3,(H,16,17). The molecule has 0 saturated carbocycles. The molecule has 0 aliphatic carbocycles. The fourth-order valence-corrected chi connectivity index (χ4v) is 1.80. The molecule has 0 aromatic heterocycles. The molecule has 0 spiro atoms. The Kier molecular flexibility index (Phi) is 6.22. The molecule has 0 saturated heterocycles. The quantitative estimate of drug-likeness (QED) is 0.742. The van der Waals surface area contributed by atoms with Crippen molar-refractivity contribution in [1.82, 2.24) is 5.32 Å². The van der Waals surface area contributed by atoms with Gasteiger partial charge in [0.25, 0.3) is 0 Å². The number of carboxylic acid groups (broad SMARTS) is 1. The molecular formula is C14H21NO3. The molecule has 0 bridgehead atoms. The normalized spacial score (nSPS) is 12.1. The lowest BCUT2D eigenvalue weighted by Gasteiger charge is -2.13. The topological polar surface area (TPSA) is 58.6 Å². The number of hydrogen-bond acceptors (Lipinski definition) is 3. The minimum Gasteiger partial charge on any atom is -0.496 e. The van der Waals surface area contributed by atoms with Crippen LogP contribution in [-0.2, 0) is 11.2 Å². The second-order valence-electron chi connectivity index (χ2n) is 4.35. The Morgan fingerprint density at radius 3 is 2.83 bits per heavy atom. The third kappa shape index (κ3) is 5.19. The van der Waals surface area contributed by atoms with E-state index in [1.807, 2.05) is 31.2 Å². The van der Waals surface area contributed by atoms with E-state index in [0.717, 1.165) is 24.3 Å². The molecule has 2 N–H and O–H groups in total. The van der Waals surface area contributed by atoms with E-state index >= 15 is 0 Å². The average Bonchev–Trinajstić information content (AvgIpc) is 2.37. The van der Waals surface area contributed by atoms with E-state index in [2.05, 4.69) is 5.32 Å². The molecule has 1 rings (SSSR count). The first kappa shape index (κ1) is 14.5. The second-order valence-corrected chi connectivity index (χ2v) is 4.35. The number of hydrogen-bond donors (Lipinski definition) is 2. The first-order valence-corrected chi connectivity index (χ1v) is 6.20. The fourth-order valence-electron chi connectivity index (χ4n) is 1.80. The number of carboxylic acids is 1. The van der Waals surface area contributed by atoms with Gasteiger partial charge < -0.3 is 15.2 Å². The molecule has 0 heterocycles. The number of ether oxygens (including phenoxy) is 1. The molecule has 0 amide bonds. The first-order valence-electron chi connectivity index (χ1n) is 6.20. The highest BCUT2D eigenvalue weighted by Gasteiger charge is 2.06. The summed E-state index contributed by atoms with van der Waals surface area (Å²) in [5.41, 5.74) is 1.16. The molecule has 4 nitrogen and oxygen atoms in total. The number of rotatable bonds is 8. The number of nitrogens with one attached hydrogen (secondary N) is 1. The van der Waals surface area contributed by atoms with Gasteiger partial charge in [-0.3, -0.25) is 4.79 Å². The van der Waals surface area contributed by atoms with E-state index in [1.54, 1.807) is 7.11 Å². The Hall–Kier alpha value is -1.55. The van der Waals surface area contributed by atoms with Crippen molar-refractivity contribution in [3.8, 4) is 5.75 Å². The highest BCUT2D eigenvalue weighted by Crippen LogP contribution is 2.17. The van der Waals surface area contributed by atoms with Gasteiger partial charge in [0.05, 0.1) is 7.11 Å². The van der Waals surface area contributed by atoms with Gasteiger partial charge in [0, 0.05) is 12.5 Å². The number of carbonyl (C=O) groups is 1. The predicted molar refractivity (Wildman–Crippen MR) is 71.0 cm³/mol. The van der Waals surface area contributed by atoms with Gasteiger partial charge >= 0.3 is 5.97 Å². The maximum Gasteiger partial charge on any atom is 0.303 e. The van der Waals surface area contributed by atoms with Crippen molar-refractivity contribution >= 4 is 5.97 Å². The monoisotopic (exact) mass is 251 g/mol. The highest BCUT2D eigenvalue weighted by atomic mass is 16.5. The largest absolute Gasteiger partial charge is 0.496 e.